The maximum Gasteiger partial charge on any atom is 0.0191 e. The van der Waals surface area contributed by atoms with E-state index in [1.54, 1.807) is 0 Å². The van der Waals surface area contributed by atoms with Crippen LogP contribution in [0.25, 0.3) is 0 Å². The molecule has 1 N–H and O–H groups in total. The van der Waals surface area contributed by atoms with Crippen LogP contribution in [-0.2, 0) is 0 Å². The quantitative estimate of drug-likeness (QED) is 0.625. The molecule has 0 aliphatic rings. The SMILES string of the molecule is CCCC(CN(C)CCCN(C)C)NC. The second-order valence-electron chi connectivity index (χ2n) is 4.69. The molecule has 3 nitrogen and oxygen atoms in total. The topological polar surface area (TPSA) is 18.5 Å². The second kappa shape index (κ2) is 9.13. The highest BCUT2D eigenvalue weighted by Crippen LogP contribution is 1.99. The van der Waals surface area contributed by atoms with Crippen molar-refractivity contribution in [2.45, 2.75) is 32.2 Å². The lowest BCUT2D eigenvalue weighted by atomic mass is 10.1. The molecule has 1 unspecified atom stereocenters. The standard InChI is InChI=1S/C12H29N3/c1-6-8-12(13-2)11-15(5)10-7-9-14(3)4/h12-13H,6-11H2,1-5H3. The first kappa shape index (κ1) is 14.9. The maximum atomic E-state index is 3.38. The molecule has 0 aromatic carbocycles. The summed E-state index contributed by atoms with van der Waals surface area (Å²) < 4.78 is 0. The van der Waals surface area contributed by atoms with Crippen molar-refractivity contribution in [2.75, 3.05) is 47.8 Å². The molecule has 0 aromatic rings. The fourth-order valence-electron chi connectivity index (χ4n) is 1.80. The van der Waals surface area contributed by atoms with Gasteiger partial charge in [0.25, 0.3) is 0 Å². The molecule has 0 rings (SSSR count). The predicted molar refractivity (Wildman–Crippen MR) is 68.4 cm³/mol. The van der Waals surface area contributed by atoms with Crippen molar-refractivity contribution in [3.63, 3.8) is 0 Å². The van der Waals surface area contributed by atoms with E-state index in [0.29, 0.717) is 6.04 Å². The van der Waals surface area contributed by atoms with Gasteiger partial charge in [0.05, 0.1) is 0 Å². The molecule has 3 heteroatoms. The van der Waals surface area contributed by atoms with Crippen molar-refractivity contribution in [1.29, 1.82) is 0 Å². The van der Waals surface area contributed by atoms with Crippen LogP contribution >= 0.6 is 0 Å². The molecule has 0 aliphatic carbocycles. The van der Waals surface area contributed by atoms with Crippen molar-refractivity contribution in [2.24, 2.45) is 0 Å². The van der Waals surface area contributed by atoms with Crippen LogP contribution < -0.4 is 5.32 Å². The molecule has 15 heavy (non-hydrogen) atoms. The number of likely N-dealkylation sites (N-methyl/N-ethyl adjacent to an activating group) is 2. The van der Waals surface area contributed by atoms with E-state index in [0.717, 1.165) is 6.54 Å². The lowest BCUT2D eigenvalue weighted by Gasteiger charge is -2.24. The molecule has 0 spiro atoms. The van der Waals surface area contributed by atoms with Gasteiger partial charge in [-0.25, -0.2) is 0 Å². The summed E-state index contributed by atoms with van der Waals surface area (Å²) in [6.45, 7) is 5.79. The van der Waals surface area contributed by atoms with Crippen molar-refractivity contribution in [1.82, 2.24) is 15.1 Å². The van der Waals surface area contributed by atoms with Crippen molar-refractivity contribution in [3.05, 3.63) is 0 Å². The van der Waals surface area contributed by atoms with Gasteiger partial charge in [-0.3, -0.25) is 0 Å². The first-order valence-electron chi connectivity index (χ1n) is 6.10. The number of nitrogens with one attached hydrogen (secondary N) is 1. The van der Waals surface area contributed by atoms with E-state index in [1.165, 1.54) is 32.4 Å². The lowest BCUT2D eigenvalue weighted by Crippen LogP contribution is -2.38. The Kier molecular flexibility index (Phi) is 9.06. The van der Waals surface area contributed by atoms with Crippen LogP contribution in [-0.4, -0.2) is 63.7 Å². The monoisotopic (exact) mass is 215 g/mol. The minimum atomic E-state index is 0.652. The Labute approximate surface area is 95.8 Å². The van der Waals surface area contributed by atoms with E-state index in [1.807, 2.05) is 0 Å². The minimum Gasteiger partial charge on any atom is -0.316 e. The predicted octanol–water partition coefficient (Wildman–Crippen LogP) is 1.26. The third kappa shape index (κ3) is 8.85. The van der Waals surface area contributed by atoms with Gasteiger partial charge < -0.3 is 15.1 Å². The van der Waals surface area contributed by atoms with Gasteiger partial charge in [0.2, 0.25) is 0 Å². The van der Waals surface area contributed by atoms with Crippen molar-refractivity contribution in [3.8, 4) is 0 Å². The number of hydrogen-bond acceptors (Lipinski definition) is 3. The highest BCUT2D eigenvalue weighted by atomic mass is 15.1. The minimum absolute atomic E-state index is 0.652. The van der Waals surface area contributed by atoms with E-state index in [-0.39, 0.29) is 0 Å². The molecule has 0 bridgehead atoms. The van der Waals surface area contributed by atoms with Gasteiger partial charge in [-0.05, 0) is 54.1 Å². The molecule has 0 aromatic heterocycles. The third-order valence-corrected chi connectivity index (χ3v) is 2.72. The summed E-state index contributed by atoms with van der Waals surface area (Å²) in [5, 5.41) is 3.38. The Bertz CT molecular complexity index is 137. The van der Waals surface area contributed by atoms with E-state index in [9.17, 15) is 0 Å². The van der Waals surface area contributed by atoms with E-state index in [4.69, 9.17) is 0 Å². The molecule has 1 atom stereocenters. The summed E-state index contributed by atoms with van der Waals surface area (Å²) in [7, 11) is 8.55. The highest BCUT2D eigenvalue weighted by molar-refractivity contribution is 4.68. The first-order valence-corrected chi connectivity index (χ1v) is 6.10. The van der Waals surface area contributed by atoms with Gasteiger partial charge in [-0.2, -0.15) is 0 Å². The summed E-state index contributed by atoms with van der Waals surface area (Å²) in [6.07, 6.45) is 3.79. The van der Waals surface area contributed by atoms with Gasteiger partial charge >= 0.3 is 0 Å². The van der Waals surface area contributed by atoms with Gasteiger partial charge in [-0.15, -0.1) is 0 Å². The zero-order chi connectivity index (χ0) is 11.7. The van der Waals surface area contributed by atoms with E-state index in [2.05, 4.69) is 50.2 Å². The Hall–Kier alpha value is -0.120. The average Bonchev–Trinajstić information content (AvgIpc) is 2.16. The second-order valence-corrected chi connectivity index (χ2v) is 4.69. The number of nitrogens with zero attached hydrogens (tertiary/aromatic N) is 2. The van der Waals surface area contributed by atoms with Gasteiger partial charge in [-0.1, -0.05) is 13.3 Å². The summed E-state index contributed by atoms with van der Waals surface area (Å²) in [5.74, 6) is 0. The molecular weight excluding hydrogens is 186 g/mol. The summed E-state index contributed by atoms with van der Waals surface area (Å²) in [4.78, 5) is 4.68. The maximum absolute atomic E-state index is 3.38. The van der Waals surface area contributed by atoms with Crippen LogP contribution in [0.5, 0.6) is 0 Å². The number of rotatable bonds is 9. The van der Waals surface area contributed by atoms with Crippen molar-refractivity contribution >= 4 is 0 Å². The Morgan fingerprint density at radius 3 is 2.27 bits per heavy atom. The number of hydrogen-bond donors (Lipinski definition) is 1. The Balaban J connectivity index is 3.56. The van der Waals surface area contributed by atoms with Crippen LogP contribution in [0.15, 0.2) is 0 Å². The van der Waals surface area contributed by atoms with Gasteiger partial charge in [0, 0.05) is 12.6 Å². The zero-order valence-corrected chi connectivity index (χ0v) is 11.2. The largest absolute Gasteiger partial charge is 0.316 e. The molecule has 0 aliphatic heterocycles. The fraction of sp³-hybridized carbons (Fsp3) is 1.00. The molecule has 0 heterocycles. The summed E-state index contributed by atoms with van der Waals surface area (Å²) >= 11 is 0. The van der Waals surface area contributed by atoms with Crippen LogP contribution in [0.4, 0.5) is 0 Å². The summed E-state index contributed by atoms with van der Waals surface area (Å²) in [6, 6.07) is 0.652. The normalized spacial score (nSPS) is 13.8. The Morgan fingerprint density at radius 1 is 1.13 bits per heavy atom. The molecule has 0 fully saturated rings. The van der Waals surface area contributed by atoms with Gasteiger partial charge in [0.15, 0.2) is 0 Å². The Morgan fingerprint density at radius 2 is 1.80 bits per heavy atom. The molecule has 0 saturated carbocycles. The molecule has 92 valence electrons. The van der Waals surface area contributed by atoms with Crippen LogP contribution in [0.1, 0.15) is 26.2 Å². The molecular formula is C12H29N3. The molecule has 0 saturated heterocycles. The zero-order valence-electron chi connectivity index (χ0n) is 11.2. The highest BCUT2D eigenvalue weighted by Gasteiger charge is 2.07. The van der Waals surface area contributed by atoms with Gasteiger partial charge in [0.1, 0.15) is 0 Å². The van der Waals surface area contributed by atoms with Crippen LogP contribution in [0, 0.1) is 0 Å². The van der Waals surface area contributed by atoms with E-state index >= 15 is 0 Å². The smallest absolute Gasteiger partial charge is 0.0191 e. The van der Waals surface area contributed by atoms with Crippen LogP contribution in [0.2, 0.25) is 0 Å². The van der Waals surface area contributed by atoms with Crippen molar-refractivity contribution < 1.29 is 0 Å². The fourth-order valence-corrected chi connectivity index (χ4v) is 1.80. The average molecular weight is 215 g/mol. The molecule has 0 radical (unpaired) electrons. The van der Waals surface area contributed by atoms with Crippen LogP contribution in [0.3, 0.4) is 0 Å². The van der Waals surface area contributed by atoms with E-state index < -0.39 is 0 Å². The first-order chi connectivity index (χ1) is 7.10. The lowest BCUT2D eigenvalue weighted by molar-refractivity contribution is 0.268. The third-order valence-electron chi connectivity index (χ3n) is 2.72. The summed E-state index contributed by atoms with van der Waals surface area (Å²) in [5.41, 5.74) is 0. The molecule has 0 amide bonds.